The molecule has 1 aliphatic carbocycles. The average Bonchev–Trinajstić information content (AvgIpc) is 2.72. The van der Waals surface area contributed by atoms with Gasteiger partial charge in [0.05, 0.1) is 0 Å². The number of benzene rings is 2. The van der Waals surface area contributed by atoms with E-state index in [9.17, 15) is 4.79 Å². The Bertz CT molecular complexity index is 800. The Morgan fingerprint density at radius 2 is 1.60 bits per heavy atom. The van der Waals surface area contributed by atoms with Gasteiger partial charge in [0.15, 0.2) is 0 Å². The summed E-state index contributed by atoms with van der Waals surface area (Å²) in [5.41, 5.74) is 0. The van der Waals surface area contributed by atoms with Gasteiger partial charge < -0.3 is 9.53 Å². The Hall–Kier alpha value is -2.17. The molecule has 0 radical (unpaired) electrons. The molecule has 0 unspecified atom stereocenters. The van der Waals surface area contributed by atoms with E-state index in [0.29, 0.717) is 5.92 Å². The number of carboxylic acid groups (broad SMARTS) is 1. The van der Waals surface area contributed by atoms with Crippen molar-refractivity contribution in [2.45, 2.75) is 64.0 Å². The van der Waals surface area contributed by atoms with Crippen LogP contribution in [0.1, 0.15) is 52.9 Å². The lowest BCUT2D eigenvalue weighted by molar-refractivity contribution is -0.131. The number of hydrogen-bond donors (Lipinski definition) is 1. The second-order valence-electron chi connectivity index (χ2n) is 9.41. The summed E-state index contributed by atoms with van der Waals surface area (Å²) in [6.07, 6.45) is 8.43. The molecule has 2 aromatic carbocycles. The topological polar surface area (TPSA) is 46.5 Å². The third kappa shape index (κ3) is 5.11. The Labute approximate surface area is 181 Å². The molecule has 0 aromatic heterocycles. The summed E-state index contributed by atoms with van der Waals surface area (Å²) in [6.45, 7) is 6.94. The molecule has 30 heavy (non-hydrogen) atoms. The highest BCUT2D eigenvalue weighted by Crippen LogP contribution is 2.40. The van der Waals surface area contributed by atoms with Gasteiger partial charge in [-0.1, -0.05) is 93.9 Å². The fourth-order valence-corrected chi connectivity index (χ4v) is 9.59. The highest BCUT2D eigenvalue weighted by atomic mass is 28.4. The van der Waals surface area contributed by atoms with E-state index in [1.807, 2.05) is 0 Å². The van der Waals surface area contributed by atoms with Crippen LogP contribution in [0.2, 0.25) is 5.04 Å². The van der Waals surface area contributed by atoms with Crippen molar-refractivity contribution in [2.24, 2.45) is 5.92 Å². The van der Waals surface area contributed by atoms with Crippen LogP contribution in [0.25, 0.3) is 0 Å². The minimum atomic E-state index is -2.53. The maximum Gasteiger partial charge on any atom is 0.327 e. The second kappa shape index (κ2) is 9.76. The first-order chi connectivity index (χ1) is 14.3. The molecule has 2 aromatic rings. The van der Waals surface area contributed by atoms with Gasteiger partial charge in [-0.3, -0.25) is 0 Å². The third-order valence-corrected chi connectivity index (χ3v) is 11.3. The van der Waals surface area contributed by atoms with E-state index < -0.39 is 14.3 Å². The van der Waals surface area contributed by atoms with Gasteiger partial charge >= 0.3 is 5.97 Å². The van der Waals surface area contributed by atoms with E-state index in [2.05, 4.69) is 81.4 Å². The van der Waals surface area contributed by atoms with E-state index in [-0.39, 0.29) is 11.1 Å². The molecule has 0 amide bonds. The summed E-state index contributed by atoms with van der Waals surface area (Å²) in [7, 11) is -2.53. The molecule has 160 valence electrons. The highest BCUT2D eigenvalue weighted by molar-refractivity contribution is 6.99. The summed E-state index contributed by atoms with van der Waals surface area (Å²) in [5.74, 6) is -0.386. The third-order valence-electron chi connectivity index (χ3n) is 6.22. The molecule has 3 nitrogen and oxygen atoms in total. The number of rotatable bonds is 7. The second-order valence-corrected chi connectivity index (χ2v) is 13.7. The summed E-state index contributed by atoms with van der Waals surface area (Å²) in [5, 5.41) is 11.5. The van der Waals surface area contributed by atoms with Crippen molar-refractivity contribution < 1.29 is 14.3 Å². The smallest absolute Gasteiger partial charge is 0.327 e. The van der Waals surface area contributed by atoms with Crippen molar-refractivity contribution in [1.29, 1.82) is 0 Å². The predicted molar refractivity (Wildman–Crippen MR) is 126 cm³/mol. The number of aliphatic carboxylic acids is 1. The lowest BCUT2D eigenvalue weighted by Gasteiger charge is -2.46. The van der Waals surface area contributed by atoms with Crippen LogP contribution in [0, 0.1) is 5.92 Å². The van der Waals surface area contributed by atoms with E-state index in [4.69, 9.17) is 9.53 Å². The van der Waals surface area contributed by atoms with Crippen molar-refractivity contribution in [3.8, 4) is 0 Å². The van der Waals surface area contributed by atoms with Crippen LogP contribution in [0.4, 0.5) is 0 Å². The summed E-state index contributed by atoms with van der Waals surface area (Å²) >= 11 is 0. The van der Waals surface area contributed by atoms with Gasteiger partial charge in [0.25, 0.3) is 8.32 Å². The molecule has 1 fully saturated rings. The standard InChI is InChI=1S/C26H34O3Si/c1-26(2,3)30(23-15-6-4-7-16-23,24-17-8-5-9-18-24)29-22-14-10-12-21(20-22)13-11-19-25(27)28/h4-9,11,15-19,21-22H,10,12-14,20H2,1-3H3,(H,27,28)/t21-,22-/m1/s1. The highest BCUT2D eigenvalue weighted by Gasteiger charge is 2.51. The molecular weight excluding hydrogens is 388 g/mol. The lowest BCUT2D eigenvalue weighted by Crippen LogP contribution is -2.67. The molecular formula is C26H34O3Si. The van der Waals surface area contributed by atoms with Crippen molar-refractivity contribution in [1.82, 2.24) is 0 Å². The van der Waals surface area contributed by atoms with Crippen LogP contribution in [0.5, 0.6) is 0 Å². The molecule has 0 saturated heterocycles. The van der Waals surface area contributed by atoms with Crippen LogP contribution >= 0.6 is 0 Å². The summed E-state index contributed by atoms with van der Waals surface area (Å²) in [4.78, 5) is 10.8. The first kappa shape index (κ1) is 22.5. The number of carbonyl (C=O) groups is 1. The first-order valence-corrected chi connectivity index (χ1v) is 12.9. The van der Waals surface area contributed by atoms with Crippen LogP contribution in [-0.2, 0) is 9.22 Å². The van der Waals surface area contributed by atoms with Gasteiger partial charge in [0.1, 0.15) is 0 Å². The van der Waals surface area contributed by atoms with Crippen LogP contribution in [0.15, 0.2) is 72.8 Å². The SMILES string of the molecule is CC(C)(C)[Si](O[C@@H]1CCC[C@H](CC=CC(=O)O)C1)(c1ccccc1)c1ccccc1. The average molecular weight is 423 g/mol. The molecule has 0 aliphatic heterocycles. The van der Waals surface area contributed by atoms with E-state index in [1.54, 1.807) is 6.08 Å². The Morgan fingerprint density at radius 3 is 2.10 bits per heavy atom. The molecule has 3 rings (SSSR count). The largest absolute Gasteiger partial charge is 0.478 e. The van der Waals surface area contributed by atoms with Gasteiger partial charge in [0.2, 0.25) is 0 Å². The maximum atomic E-state index is 10.8. The maximum absolute atomic E-state index is 10.8. The van der Waals surface area contributed by atoms with Crippen LogP contribution < -0.4 is 10.4 Å². The number of carboxylic acids is 1. The van der Waals surface area contributed by atoms with E-state index in [0.717, 1.165) is 32.1 Å². The quantitative estimate of drug-likeness (QED) is 0.496. The molecule has 1 saturated carbocycles. The minimum Gasteiger partial charge on any atom is -0.478 e. The van der Waals surface area contributed by atoms with Gasteiger partial charge in [-0.2, -0.15) is 0 Å². The van der Waals surface area contributed by atoms with Gasteiger partial charge in [0, 0.05) is 12.2 Å². The Morgan fingerprint density at radius 1 is 1.03 bits per heavy atom. The molecule has 0 heterocycles. The molecule has 4 heteroatoms. The molecule has 0 spiro atoms. The minimum absolute atomic E-state index is 0.0220. The zero-order valence-corrected chi connectivity index (χ0v) is 19.4. The van der Waals surface area contributed by atoms with Crippen molar-refractivity contribution in [3.05, 3.63) is 72.8 Å². The molecule has 0 bridgehead atoms. The summed E-state index contributed by atoms with van der Waals surface area (Å²) in [6, 6.07) is 21.6. The first-order valence-electron chi connectivity index (χ1n) is 11.0. The monoisotopic (exact) mass is 422 g/mol. The van der Waals surface area contributed by atoms with Crippen molar-refractivity contribution >= 4 is 24.7 Å². The van der Waals surface area contributed by atoms with Gasteiger partial charge in [-0.15, -0.1) is 0 Å². The van der Waals surface area contributed by atoms with Crippen molar-refractivity contribution in [3.63, 3.8) is 0 Å². The predicted octanol–water partition coefficient (Wildman–Crippen LogP) is 5.15. The molecule has 1 N–H and O–H groups in total. The van der Waals surface area contributed by atoms with Crippen molar-refractivity contribution in [2.75, 3.05) is 0 Å². The fraction of sp³-hybridized carbons (Fsp3) is 0.423. The number of allylic oxidation sites excluding steroid dienone is 1. The molecule has 1 aliphatic rings. The zero-order chi connectivity index (χ0) is 21.6. The fourth-order valence-electron chi connectivity index (χ4n) is 4.87. The van der Waals surface area contributed by atoms with E-state index in [1.165, 1.54) is 16.4 Å². The Kier molecular flexibility index (Phi) is 7.32. The Balaban J connectivity index is 1.94. The van der Waals surface area contributed by atoms with Gasteiger partial charge in [-0.25, -0.2) is 4.79 Å². The van der Waals surface area contributed by atoms with Gasteiger partial charge in [-0.05, 0) is 47.0 Å². The molecule has 2 atom stereocenters. The van der Waals surface area contributed by atoms with Crippen LogP contribution in [0.3, 0.4) is 0 Å². The van der Waals surface area contributed by atoms with E-state index >= 15 is 0 Å². The normalized spacial score (nSPS) is 20.4. The number of hydrogen-bond acceptors (Lipinski definition) is 2. The summed E-state index contributed by atoms with van der Waals surface area (Å²) < 4.78 is 7.27. The zero-order valence-electron chi connectivity index (χ0n) is 18.4. The lowest BCUT2D eigenvalue weighted by atomic mass is 9.85. The van der Waals surface area contributed by atoms with Crippen LogP contribution in [-0.4, -0.2) is 25.5 Å².